The van der Waals surface area contributed by atoms with Crippen molar-refractivity contribution in [2.45, 2.75) is 48.0 Å². The Hall–Kier alpha value is -3.14. The van der Waals surface area contributed by atoms with Crippen molar-refractivity contribution in [3.63, 3.8) is 0 Å². The molecule has 0 aliphatic heterocycles. The van der Waals surface area contributed by atoms with Gasteiger partial charge in [0.25, 0.3) is 0 Å². The fourth-order valence-electron chi connectivity index (χ4n) is 4.53. The molecule has 1 aromatic carbocycles. The van der Waals surface area contributed by atoms with Gasteiger partial charge in [0, 0.05) is 58.4 Å². The number of rotatable bonds is 6. The molecule has 0 saturated carbocycles. The maximum atomic E-state index is 4.82. The van der Waals surface area contributed by atoms with Gasteiger partial charge in [-0.05, 0) is 82.0 Å². The third kappa shape index (κ3) is 4.07. The van der Waals surface area contributed by atoms with Crippen molar-refractivity contribution in [1.82, 2.24) is 15.0 Å². The molecule has 3 heterocycles. The van der Waals surface area contributed by atoms with E-state index in [1.54, 1.807) is 0 Å². The molecule has 0 radical (unpaired) electrons. The van der Waals surface area contributed by atoms with Crippen molar-refractivity contribution < 1.29 is 0 Å². The van der Waals surface area contributed by atoms with Crippen LogP contribution in [0, 0.1) is 27.7 Å². The number of aromatic nitrogens is 3. The fourth-order valence-corrected chi connectivity index (χ4v) is 4.53. The van der Waals surface area contributed by atoms with Crippen LogP contribution in [0.1, 0.15) is 42.8 Å². The second-order valence-corrected chi connectivity index (χ2v) is 8.47. The molecule has 0 bridgehead atoms. The van der Waals surface area contributed by atoms with E-state index in [1.807, 2.05) is 20.0 Å². The second kappa shape index (κ2) is 8.54. The zero-order chi connectivity index (χ0) is 22.1. The van der Waals surface area contributed by atoms with Crippen molar-refractivity contribution in [2.24, 2.45) is 0 Å². The summed E-state index contributed by atoms with van der Waals surface area (Å²) >= 11 is 0. The molecule has 160 valence electrons. The number of fused-ring (bicyclic) bond motifs is 1. The molecule has 0 aliphatic carbocycles. The second-order valence-electron chi connectivity index (χ2n) is 8.47. The van der Waals surface area contributed by atoms with Crippen molar-refractivity contribution in [3.8, 4) is 22.4 Å². The fraction of sp³-hybridized carbons (Fsp3) is 0.333. The van der Waals surface area contributed by atoms with E-state index in [2.05, 4.69) is 79.0 Å². The van der Waals surface area contributed by atoms with Gasteiger partial charge in [-0.1, -0.05) is 19.1 Å². The molecule has 4 rings (SSSR count). The molecule has 0 fully saturated rings. The van der Waals surface area contributed by atoms with Crippen molar-refractivity contribution in [1.29, 1.82) is 0 Å². The maximum absolute atomic E-state index is 4.82. The Bertz CT molecular complexity index is 1220. The van der Waals surface area contributed by atoms with Crippen LogP contribution in [0.15, 0.2) is 42.6 Å². The summed E-state index contributed by atoms with van der Waals surface area (Å²) in [5, 5.41) is 1.26. The molecule has 3 aromatic heterocycles. The number of nitrogens with zero attached hydrogens (tertiary/aromatic N) is 3. The molecule has 4 heteroatoms. The summed E-state index contributed by atoms with van der Waals surface area (Å²) in [6.07, 6.45) is 3.13. The lowest BCUT2D eigenvalue weighted by atomic mass is 10.0. The third-order valence-electron chi connectivity index (χ3n) is 5.99. The van der Waals surface area contributed by atoms with Crippen molar-refractivity contribution in [2.75, 3.05) is 18.0 Å². The van der Waals surface area contributed by atoms with E-state index in [4.69, 9.17) is 4.98 Å². The average Bonchev–Trinajstić information content (AvgIpc) is 3.07. The molecular weight excluding hydrogens is 380 g/mol. The highest BCUT2D eigenvalue weighted by Gasteiger charge is 2.13. The number of hydrogen-bond acceptors (Lipinski definition) is 3. The molecule has 0 spiro atoms. The van der Waals surface area contributed by atoms with Crippen LogP contribution >= 0.6 is 0 Å². The van der Waals surface area contributed by atoms with Crippen LogP contribution in [0.5, 0.6) is 0 Å². The van der Waals surface area contributed by atoms with E-state index >= 15 is 0 Å². The Balaban J connectivity index is 1.74. The lowest BCUT2D eigenvalue weighted by Gasteiger charge is -2.23. The van der Waals surface area contributed by atoms with Crippen molar-refractivity contribution in [3.05, 3.63) is 65.1 Å². The molecule has 0 amide bonds. The van der Waals surface area contributed by atoms with E-state index in [0.29, 0.717) is 0 Å². The molecule has 0 aliphatic rings. The smallest absolute Gasteiger partial charge is 0.131 e. The minimum Gasteiger partial charge on any atom is -0.357 e. The number of H-pyrrole nitrogens is 1. The minimum absolute atomic E-state index is 0.978. The SMILES string of the molecule is CCCN(CC)c1ncc(-c2ccc3c(C)c(-c4cc(C)nc(C)c4)[nH]c3c2)cc1C. The number of aryl methyl sites for hydroxylation is 4. The Morgan fingerprint density at radius 3 is 2.26 bits per heavy atom. The van der Waals surface area contributed by atoms with E-state index in [0.717, 1.165) is 47.8 Å². The zero-order valence-corrected chi connectivity index (χ0v) is 19.5. The summed E-state index contributed by atoms with van der Waals surface area (Å²) in [4.78, 5) is 15.3. The van der Waals surface area contributed by atoms with Gasteiger partial charge in [-0.15, -0.1) is 0 Å². The van der Waals surface area contributed by atoms with E-state index in [9.17, 15) is 0 Å². The molecule has 4 aromatic rings. The first-order valence-electron chi connectivity index (χ1n) is 11.2. The molecule has 0 unspecified atom stereocenters. The molecule has 1 N–H and O–H groups in total. The number of aromatic amines is 1. The van der Waals surface area contributed by atoms with Crippen LogP contribution < -0.4 is 4.90 Å². The number of hydrogen-bond donors (Lipinski definition) is 1. The van der Waals surface area contributed by atoms with Crippen LogP contribution in [0.4, 0.5) is 5.82 Å². The number of pyridine rings is 2. The summed E-state index contributed by atoms with van der Waals surface area (Å²) in [6, 6.07) is 13.2. The van der Waals surface area contributed by atoms with E-state index in [-0.39, 0.29) is 0 Å². The van der Waals surface area contributed by atoms with E-state index < -0.39 is 0 Å². The van der Waals surface area contributed by atoms with Gasteiger partial charge < -0.3 is 9.88 Å². The monoisotopic (exact) mass is 412 g/mol. The van der Waals surface area contributed by atoms with E-state index in [1.165, 1.54) is 33.3 Å². The third-order valence-corrected chi connectivity index (χ3v) is 5.99. The summed E-state index contributed by atoms with van der Waals surface area (Å²) in [6.45, 7) is 14.9. The quantitative estimate of drug-likeness (QED) is 0.380. The number of nitrogens with one attached hydrogen (secondary N) is 1. The highest BCUT2D eigenvalue weighted by atomic mass is 15.2. The zero-order valence-electron chi connectivity index (χ0n) is 19.5. The molecule has 4 nitrogen and oxygen atoms in total. The first-order valence-corrected chi connectivity index (χ1v) is 11.2. The highest BCUT2D eigenvalue weighted by Crippen LogP contribution is 2.33. The standard InChI is InChI=1S/C27H32N4/c1-7-11-31(8-2)27-17(3)12-23(16-28-27)21-9-10-24-20(6)26(30-25(24)15-21)22-13-18(4)29-19(5)14-22/h9-10,12-16,30H,7-8,11H2,1-6H3. The Labute approximate surface area is 185 Å². The van der Waals surface area contributed by atoms with Gasteiger partial charge in [-0.3, -0.25) is 4.98 Å². The predicted octanol–water partition coefficient (Wildman–Crippen LogP) is 6.76. The summed E-state index contributed by atoms with van der Waals surface area (Å²) in [5.74, 6) is 1.09. The first-order chi connectivity index (χ1) is 14.9. The van der Waals surface area contributed by atoms with Gasteiger partial charge in [0.05, 0.1) is 0 Å². The Morgan fingerprint density at radius 2 is 1.61 bits per heavy atom. The van der Waals surface area contributed by atoms with Crippen LogP contribution in [-0.4, -0.2) is 28.0 Å². The average molecular weight is 413 g/mol. The van der Waals surface area contributed by atoms with Gasteiger partial charge in [0.2, 0.25) is 0 Å². The van der Waals surface area contributed by atoms with Gasteiger partial charge >= 0.3 is 0 Å². The lowest BCUT2D eigenvalue weighted by molar-refractivity contribution is 0.775. The minimum atomic E-state index is 0.978. The van der Waals surface area contributed by atoms with Crippen LogP contribution in [-0.2, 0) is 0 Å². The topological polar surface area (TPSA) is 44.8 Å². The summed E-state index contributed by atoms with van der Waals surface area (Å²) in [7, 11) is 0. The Kier molecular flexibility index (Phi) is 5.81. The largest absolute Gasteiger partial charge is 0.357 e. The highest BCUT2D eigenvalue weighted by molar-refractivity contribution is 5.93. The predicted molar refractivity (Wildman–Crippen MR) is 132 cm³/mol. The molecule has 0 saturated heterocycles. The van der Waals surface area contributed by atoms with Crippen LogP contribution in [0.25, 0.3) is 33.3 Å². The molecule has 31 heavy (non-hydrogen) atoms. The summed E-state index contributed by atoms with van der Waals surface area (Å²) < 4.78 is 0. The van der Waals surface area contributed by atoms with Gasteiger partial charge in [-0.2, -0.15) is 0 Å². The number of benzene rings is 1. The van der Waals surface area contributed by atoms with Gasteiger partial charge in [-0.25, -0.2) is 4.98 Å². The maximum Gasteiger partial charge on any atom is 0.131 e. The Morgan fingerprint density at radius 1 is 0.871 bits per heavy atom. The normalized spacial score (nSPS) is 11.3. The van der Waals surface area contributed by atoms with Gasteiger partial charge in [0.15, 0.2) is 0 Å². The van der Waals surface area contributed by atoms with Crippen LogP contribution in [0.3, 0.4) is 0 Å². The number of anilines is 1. The lowest BCUT2D eigenvalue weighted by Crippen LogP contribution is -2.25. The van der Waals surface area contributed by atoms with Crippen LogP contribution in [0.2, 0.25) is 0 Å². The molecule has 0 atom stereocenters. The van der Waals surface area contributed by atoms with Crippen molar-refractivity contribution >= 4 is 16.7 Å². The summed E-state index contributed by atoms with van der Waals surface area (Å²) in [5.41, 5.74) is 10.4. The first kappa shape index (κ1) is 21.1. The van der Waals surface area contributed by atoms with Gasteiger partial charge in [0.1, 0.15) is 5.82 Å². The molecular formula is C27H32N4.